The van der Waals surface area contributed by atoms with E-state index in [1.807, 2.05) is 30.6 Å². The molecule has 2 heterocycles. The van der Waals surface area contributed by atoms with E-state index in [2.05, 4.69) is 34.8 Å². The third-order valence-corrected chi connectivity index (χ3v) is 3.38. The molecule has 20 heavy (non-hydrogen) atoms. The summed E-state index contributed by atoms with van der Waals surface area (Å²) in [5.74, 6) is 0.987. The van der Waals surface area contributed by atoms with Crippen LogP contribution in [0, 0.1) is 0 Å². The largest absolute Gasteiger partial charge is 0.467 e. The van der Waals surface area contributed by atoms with Gasteiger partial charge in [-0.2, -0.15) is 0 Å². The van der Waals surface area contributed by atoms with Crippen LogP contribution in [0.3, 0.4) is 0 Å². The molecule has 4 heteroatoms. The SMILES string of the molecule is CC(C)NCc1ccoc1Cn1cnc2ccccc21. The number of nitrogens with zero attached hydrogens (tertiary/aromatic N) is 2. The van der Waals surface area contributed by atoms with Crippen molar-refractivity contribution in [3.8, 4) is 0 Å². The van der Waals surface area contributed by atoms with Gasteiger partial charge in [-0.3, -0.25) is 0 Å². The van der Waals surface area contributed by atoms with Gasteiger partial charge in [0.15, 0.2) is 0 Å². The van der Waals surface area contributed by atoms with Gasteiger partial charge in [-0.15, -0.1) is 0 Å². The lowest BCUT2D eigenvalue weighted by atomic mass is 10.2. The highest BCUT2D eigenvalue weighted by Gasteiger charge is 2.09. The second-order valence-electron chi connectivity index (χ2n) is 5.27. The summed E-state index contributed by atoms with van der Waals surface area (Å²) in [6.07, 6.45) is 3.62. The number of hydrogen-bond donors (Lipinski definition) is 1. The molecule has 2 aromatic heterocycles. The first-order chi connectivity index (χ1) is 9.74. The van der Waals surface area contributed by atoms with Crippen molar-refractivity contribution in [3.05, 3.63) is 54.2 Å². The van der Waals surface area contributed by atoms with Crippen molar-refractivity contribution in [1.29, 1.82) is 0 Å². The van der Waals surface area contributed by atoms with Crippen LogP contribution < -0.4 is 5.32 Å². The first kappa shape index (κ1) is 12.9. The van der Waals surface area contributed by atoms with Gasteiger partial charge in [0, 0.05) is 18.2 Å². The number of benzene rings is 1. The van der Waals surface area contributed by atoms with Crippen molar-refractivity contribution >= 4 is 11.0 Å². The second kappa shape index (κ2) is 5.51. The molecule has 104 valence electrons. The Morgan fingerprint density at radius 1 is 1.25 bits per heavy atom. The van der Waals surface area contributed by atoms with Crippen molar-refractivity contribution < 1.29 is 4.42 Å². The van der Waals surface area contributed by atoms with Crippen molar-refractivity contribution in [2.24, 2.45) is 0 Å². The number of nitrogens with one attached hydrogen (secondary N) is 1. The molecule has 0 fully saturated rings. The zero-order chi connectivity index (χ0) is 13.9. The Morgan fingerprint density at radius 2 is 2.10 bits per heavy atom. The summed E-state index contributed by atoms with van der Waals surface area (Å²) < 4.78 is 7.75. The minimum atomic E-state index is 0.465. The summed E-state index contributed by atoms with van der Waals surface area (Å²) in [5, 5.41) is 3.42. The highest BCUT2D eigenvalue weighted by Crippen LogP contribution is 2.17. The van der Waals surface area contributed by atoms with Gasteiger partial charge in [0.05, 0.1) is 30.2 Å². The minimum Gasteiger partial charge on any atom is -0.467 e. The van der Waals surface area contributed by atoms with E-state index in [4.69, 9.17) is 4.42 Å². The fraction of sp³-hybridized carbons (Fsp3) is 0.312. The monoisotopic (exact) mass is 269 g/mol. The highest BCUT2D eigenvalue weighted by molar-refractivity contribution is 5.75. The smallest absolute Gasteiger partial charge is 0.127 e. The van der Waals surface area contributed by atoms with E-state index in [1.165, 1.54) is 5.56 Å². The molecule has 3 aromatic rings. The number of aromatic nitrogens is 2. The molecule has 0 spiro atoms. The molecule has 0 saturated carbocycles. The van der Waals surface area contributed by atoms with Crippen LogP contribution >= 0.6 is 0 Å². The number of para-hydroxylation sites is 2. The van der Waals surface area contributed by atoms with Crippen molar-refractivity contribution in [2.75, 3.05) is 0 Å². The van der Waals surface area contributed by atoms with Crippen LogP contribution in [0.1, 0.15) is 25.2 Å². The predicted molar refractivity (Wildman–Crippen MR) is 79.5 cm³/mol. The molecule has 0 aliphatic carbocycles. The van der Waals surface area contributed by atoms with Crippen LogP contribution in [0.25, 0.3) is 11.0 Å². The predicted octanol–water partition coefficient (Wildman–Crippen LogP) is 3.18. The summed E-state index contributed by atoms with van der Waals surface area (Å²) >= 11 is 0. The Balaban J connectivity index is 1.83. The second-order valence-corrected chi connectivity index (χ2v) is 5.27. The molecule has 0 aliphatic rings. The zero-order valence-electron chi connectivity index (χ0n) is 11.8. The van der Waals surface area contributed by atoms with Gasteiger partial charge in [-0.05, 0) is 18.2 Å². The van der Waals surface area contributed by atoms with E-state index >= 15 is 0 Å². The van der Waals surface area contributed by atoms with E-state index in [1.54, 1.807) is 6.26 Å². The van der Waals surface area contributed by atoms with Crippen molar-refractivity contribution in [2.45, 2.75) is 33.0 Å². The first-order valence-electron chi connectivity index (χ1n) is 6.92. The molecule has 0 atom stereocenters. The van der Waals surface area contributed by atoms with E-state index in [0.717, 1.165) is 23.3 Å². The highest BCUT2D eigenvalue weighted by atomic mass is 16.3. The lowest BCUT2D eigenvalue weighted by Crippen LogP contribution is -2.22. The maximum atomic E-state index is 5.63. The fourth-order valence-electron chi connectivity index (χ4n) is 2.27. The van der Waals surface area contributed by atoms with Crippen LogP contribution in [0.15, 0.2) is 47.3 Å². The quantitative estimate of drug-likeness (QED) is 0.773. The summed E-state index contributed by atoms with van der Waals surface area (Å²) in [6, 6.07) is 10.6. The maximum absolute atomic E-state index is 5.63. The van der Waals surface area contributed by atoms with Gasteiger partial charge in [0.2, 0.25) is 0 Å². The summed E-state index contributed by atoms with van der Waals surface area (Å²) in [7, 11) is 0. The molecule has 0 saturated heterocycles. The lowest BCUT2D eigenvalue weighted by molar-refractivity contribution is 0.485. The Bertz CT molecular complexity index is 696. The van der Waals surface area contributed by atoms with E-state index in [0.29, 0.717) is 12.6 Å². The third-order valence-electron chi connectivity index (χ3n) is 3.38. The minimum absolute atomic E-state index is 0.465. The normalized spacial score (nSPS) is 11.6. The van der Waals surface area contributed by atoms with Gasteiger partial charge < -0.3 is 14.3 Å². The van der Waals surface area contributed by atoms with Gasteiger partial charge >= 0.3 is 0 Å². The lowest BCUT2D eigenvalue weighted by Gasteiger charge is -2.09. The molecular formula is C16H19N3O. The molecule has 0 aliphatic heterocycles. The summed E-state index contributed by atoms with van der Waals surface area (Å²) in [5.41, 5.74) is 3.35. The molecular weight excluding hydrogens is 250 g/mol. The Morgan fingerprint density at radius 3 is 2.95 bits per heavy atom. The van der Waals surface area contributed by atoms with E-state index in [-0.39, 0.29) is 0 Å². The van der Waals surface area contributed by atoms with E-state index in [9.17, 15) is 0 Å². The van der Waals surface area contributed by atoms with Gasteiger partial charge in [-0.25, -0.2) is 4.98 Å². The first-order valence-corrected chi connectivity index (χ1v) is 6.92. The summed E-state index contributed by atoms with van der Waals surface area (Å²) in [4.78, 5) is 4.41. The van der Waals surface area contributed by atoms with Gasteiger partial charge in [0.25, 0.3) is 0 Å². The topological polar surface area (TPSA) is 43.0 Å². The number of furan rings is 1. The molecule has 1 N–H and O–H groups in total. The van der Waals surface area contributed by atoms with Crippen LogP contribution in [-0.2, 0) is 13.1 Å². The van der Waals surface area contributed by atoms with Crippen LogP contribution in [0.4, 0.5) is 0 Å². The Kier molecular flexibility index (Phi) is 3.56. The molecule has 4 nitrogen and oxygen atoms in total. The standard InChI is InChI=1S/C16H19N3O/c1-12(2)17-9-13-7-8-20-16(13)10-19-11-18-14-5-3-4-6-15(14)19/h3-8,11-12,17H,9-10H2,1-2H3. The average Bonchev–Trinajstić information content (AvgIpc) is 3.05. The number of rotatable bonds is 5. The number of imidazole rings is 1. The molecule has 3 rings (SSSR count). The van der Waals surface area contributed by atoms with E-state index < -0.39 is 0 Å². The fourth-order valence-corrected chi connectivity index (χ4v) is 2.27. The van der Waals surface area contributed by atoms with Crippen molar-refractivity contribution in [3.63, 3.8) is 0 Å². The number of hydrogen-bond acceptors (Lipinski definition) is 3. The van der Waals surface area contributed by atoms with Crippen LogP contribution in [-0.4, -0.2) is 15.6 Å². The third kappa shape index (κ3) is 2.60. The van der Waals surface area contributed by atoms with Gasteiger partial charge in [0.1, 0.15) is 5.76 Å². The summed E-state index contributed by atoms with van der Waals surface area (Å²) in [6.45, 7) is 5.82. The Hall–Kier alpha value is -2.07. The average molecular weight is 269 g/mol. The van der Waals surface area contributed by atoms with Crippen molar-refractivity contribution in [1.82, 2.24) is 14.9 Å². The molecule has 0 bridgehead atoms. The Labute approximate surface area is 118 Å². The molecule has 1 aromatic carbocycles. The number of fused-ring (bicyclic) bond motifs is 1. The maximum Gasteiger partial charge on any atom is 0.127 e. The van der Waals surface area contributed by atoms with Crippen LogP contribution in [0.2, 0.25) is 0 Å². The van der Waals surface area contributed by atoms with Crippen LogP contribution in [0.5, 0.6) is 0 Å². The molecule has 0 radical (unpaired) electrons. The van der Waals surface area contributed by atoms with Gasteiger partial charge in [-0.1, -0.05) is 26.0 Å². The molecule has 0 amide bonds. The molecule has 0 unspecified atom stereocenters. The zero-order valence-corrected chi connectivity index (χ0v) is 11.8.